The van der Waals surface area contributed by atoms with Crippen LogP contribution in [0.3, 0.4) is 0 Å². The van der Waals surface area contributed by atoms with Gasteiger partial charge in [-0.05, 0) is 35.9 Å². The fourth-order valence-electron chi connectivity index (χ4n) is 2.43. The Labute approximate surface area is 189 Å². The van der Waals surface area contributed by atoms with E-state index in [1.807, 2.05) is 0 Å². The first-order chi connectivity index (χ1) is 14.5. The minimum atomic E-state index is -4.44. The lowest BCUT2D eigenvalue weighted by molar-refractivity contribution is -0.137. The number of aromatic nitrogens is 1. The summed E-state index contributed by atoms with van der Waals surface area (Å²) in [6, 6.07) is 7.93. The number of nitrogens with zero attached hydrogens (tertiary/aromatic N) is 1. The van der Waals surface area contributed by atoms with Crippen LogP contribution in [0.1, 0.15) is 21.5 Å². The molecule has 0 unspecified atom stereocenters. The summed E-state index contributed by atoms with van der Waals surface area (Å²) in [6.07, 6.45) is -3.16. The standard InChI is InChI=1S/C18H12Cl2F3N3O3S2/c19-13-7-11(3-6-14(13)31(28,29)26-17-25-9-15(20)30-17)16(27)24-8-10-1-4-12(5-2-10)18(21,22)23/h1-7,9H,8H2,(H,24,27)(H,25,26). The number of sulfonamides is 1. The number of benzene rings is 2. The van der Waals surface area contributed by atoms with Gasteiger partial charge in [0, 0.05) is 12.1 Å². The number of amides is 1. The van der Waals surface area contributed by atoms with E-state index < -0.39 is 27.7 Å². The summed E-state index contributed by atoms with van der Waals surface area (Å²) in [5.74, 6) is -0.578. The number of hydrogen-bond acceptors (Lipinski definition) is 5. The Kier molecular flexibility index (Phi) is 6.79. The van der Waals surface area contributed by atoms with Gasteiger partial charge in [-0.1, -0.05) is 46.7 Å². The number of thiazole rings is 1. The molecule has 0 aliphatic rings. The van der Waals surface area contributed by atoms with E-state index in [-0.39, 0.29) is 27.2 Å². The van der Waals surface area contributed by atoms with E-state index in [4.69, 9.17) is 23.2 Å². The monoisotopic (exact) mass is 509 g/mol. The van der Waals surface area contributed by atoms with Crippen LogP contribution >= 0.6 is 34.5 Å². The number of anilines is 1. The zero-order chi connectivity index (χ0) is 22.8. The molecule has 0 atom stereocenters. The predicted octanol–water partition coefficient (Wildman–Crippen LogP) is 5.20. The summed E-state index contributed by atoms with van der Waals surface area (Å²) in [5.41, 5.74) is -0.258. The Morgan fingerprint density at radius 1 is 1.10 bits per heavy atom. The first-order valence-corrected chi connectivity index (χ1v) is 11.4. The van der Waals surface area contributed by atoms with Crippen LogP contribution in [0.15, 0.2) is 53.6 Å². The second kappa shape index (κ2) is 9.03. The number of rotatable bonds is 6. The number of carbonyl (C=O) groups is 1. The fraction of sp³-hybridized carbons (Fsp3) is 0.111. The average molecular weight is 510 g/mol. The van der Waals surface area contributed by atoms with Crippen LogP contribution in [0.25, 0.3) is 0 Å². The van der Waals surface area contributed by atoms with Crippen LogP contribution in [0.5, 0.6) is 0 Å². The molecule has 2 N–H and O–H groups in total. The van der Waals surface area contributed by atoms with Gasteiger partial charge in [0.25, 0.3) is 15.9 Å². The van der Waals surface area contributed by atoms with Gasteiger partial charge >= 0.3 is 6.18 Å². The van der Waals surface area contributed by atoms with Crippen molar-refractivity contribution >= 4 is 55.6 Å². The zero-order valence-corrected chi connectivity index (χ0v) is 18.3. The molecule has 0 spiro atoms. The molecule has 2 aromatic carbocycles. The van der Waals surface area contributed by atoms with E-state index in [0.717, 1.165) is 29.5 Å². The van der Waals surface area contributed by atoms with Crippen LogP contribution in [-0.4, -0.2) is 19.3 Å². The third-order valence-corrected chi connectivity index (χ3v) is 6.90. The highest BCUT2D eigenvalue weighted by Crippen LogP contribution is 2.30. The molecule has 1 aromatic heterocycles. The predicted molar refractivity (Wildman–Crippen MR) is 112 cm³/mol. The summed E-state index contributed by atoms with van der Waals surface area (Å²) < 4.78 is 65.3. The Balaban J connectivity index is 1.68. The molecular formula is C18H12Cl2F3N3O3S2. The highest BCUT2D eigenvalue weighted by atomic mass is 35.5. The van der Waals surface area contributed by atoms with Crippen molar-refractivity contribution in [2.75, 3.05) is 4.72 Å². The molecule has 13 heteroatoms. The van der Waals surface area contributed by atoms with Crippen molar-refractivity contribution in [1.29, 1.82) is 0 Å². The molecule has 1 amide bonds. The highest BCUT2D eigenvalue weighted by Gasteiger charge is 2.30. The molecule has 3 rings (SSSR count). The molecule has 0 radical (unpaired) electrons. The molecule has 0 saturated heterocycles. The van der Waals surface area contributed by atoms with E-state index in [0.29, 0.717) is 9.90 Å². The maximum absolute atomic E-state index is 12.6. The minimum absolute atomic E-state index is 0.0268. The summed E-state index contributed by atoms with van der Waals surface area (Å²) in [4.78, 5) is 15.8. The molecule has 0 saturated carbocycles. The zero-order valence-electron chi connectivity index (χ0n) is 15.2. The van der Waals surface area contributed by atoms with Crippen molar-refractivity contribution < 1.29 is 26.4 Å². The number of alkyl halides is 3. The fourth-order valence-corrected chi connectivity index (χ4v) is 5.03. The van der Waals surface area contributed by atoms with E-state index in [9.17, 15) is 26.4 Å². The lowest BCUT2D eigenvalue weighted by atomic mass is 10.1. The lowest BCUT2D eigenvalue weighted by Gasteiger charge is -2.10. The van der Waals surface area contributed by atoms with E-state index in [1.165, 1.54) is 30.5 Å². The normalized spacial score (nSPS) is 11.9. The van der Waals surface area contributed by atoms with Crippen molar-refractivity contribution in [2.45, 2.75) is 17.6 Å². The van der Waals surface area contributed by atoms with Gasteiger partial charge in [-0.2, -0.15) is 13.2 Å². The van der Waals surface area contributed by atoms with E-state index in [1.54, 1.807) is 0 Å². The smallest absolute Gasteiger partial charge is 0.348 e. The largest absolute Gasteiger partial charge is 0.416 e. The van der Waals surface area contributed by atoms with E-state index in [2.05, 4.69) is 15.0 Å². The van der Waals surface area contributed by atoms with Gasteiger partial charge in [0.15, 0.2) is 5.13 Å². The molecule has 0 fully saturated rings. The number of hydrogen-bond donors (Lipinski definition) is 2. The number of nitrogens with one attached hydrogen (secondary N) is 2. The van der Waals surface area contributed by atoms with E-state index >= 15 is 0 Å². The van der Waals surface area contributed by atoms with Gasteiger partial charge in [0.2, 0.25) is 0 Å². The van der Waals surface area contributed by atoms with Crippen LogP contribution in [0, 0.1) is 0 Å². The summed E-state index contributed by atoms with van der Waals surface area (Å²) >= 11 is 12.7. The first-order valence-electron chi connectivity index (χ1n) is 8.34. The second-order valence-corrected chi connectivity index (χ2v) is 9.82. The molecule has 0 aliphatic carbocycles. The number of halogens is 5. The minimum Gasteiger partial charge on any atom is -0.348 e. The SMILES string of the molecule is O=C(NCc1ccc(C(F)(F)F)cc1)c1ccc(S(=O)(=O)Nc2ncc(Cl)s2)c(Cl)c1. The summed E-state index contributed by atoms with van der Waals surface area (Å²) in [7, 11) is -4.06. The van der Waals surface area contributed by atoms with Crippen LogP contribution in [0.4, 0.5) is 18.3 Å². The summed E-state index contributed by atoms with van der Waals surface area (Å²) in [6.45, 7) is -0.0268. The van der Waals surface area contributed by atoms with Crippen LogP contribution in [-0.2, 0) is 22.7 Å². The molecule has 0 bridgehead atoms. The maximum atomic E-state index is 12.6. The molecule has 6 nitrogen and oxygen atoms in total. The average Bonchev–Trinajstić information content (AvgIpc) is 3.09. The third-order valence-electron chi connectivity index (χ3n) is 3.92. The topological polar surface area (TPSA) is 88.2 Å². The Hall–Kier alpha value is -2.34. The summed E-state index contributed by atoms with van der Waals surface area (Å²) in [5, 5.41) is 2.39. The van der Waals surface area contributed by atoms with Crippen molar-refractivity contribution in [3.05, 3.63) is 74.7 Å². The maximum Gasteiger partial charge on any atom is 0.416 e. The third kappa shape index (κ3) is 5.88. The highest BCUT2D eigenvalue weighted by molar-refractivity contribution is 7.93. The molecule has 31 heavy (non-hydrogen) atoms. The van der Waals surface area contributed by atoms with Crippen molar-refractivity contribution in [1.82, 2.24) is 10.3 Å². The molecule has 1 heterocycles. The number of carbonyl (C=O) groups excluding carboxylic acids is 1. The van der Waals surface area contributed by atoms with Gasteiger partial charge in [0.1, 0.15) is 9.23 Å². The van der Waals surface area contributed by atoms with Crippen molar-refractivity contribution in [2.24, 2.45) is 0 Å². The molecule has 3 aromatic rings. The quantitative estimate of drug-likeness (QED) is 0.477. The van der Waals surface area contributed by atoms with Crippen molar-refractivity contribution in [3.8, 4) is 0 Å². The molecular weight excluding hydrogens is 498 g/mol. The Morgan fingerprint density at radius 3 is 2.32 bits per heavy atom. The van der Waals surface area contributed by atoms with Gasteiger partial charge in [-0.3, -0.25) is 9.52 Å². The van der Waals surface area contributed by atoms with Crippen molar-refractivity contribution in [3.63, 3.8) is 0 Å². The first kappa shape index (κ1) is 23.3. The Morgan fingerprint density at radius 2 is 1.77 bits per heavy atom. The molecule has 0 aliphatic heterocycles. The lowest BCUT2D eigenvalue weighted by Crippen LogP contribution is -2.23. The van der Waals surface area contributed by atoms with Gasteiger partial charge in [-0.15, -0.1) is 0 Å². The molecule has 164 valence electrons. The van der Waals surface area contributed by atoms with Gasteiger partial charge in [0.05, 0.1) is 16.8 Å². The van der Waals surface area contributed by atoms with Gasteiger partial charge in [-0.25, -0.2) is 13.4 Å². The second-order valence-electron chi connectivity index (χ2n) is 6.10. The van der Waals surface area contributed by atoms with Crippen LogP contribution in [0.2, 0.25) is 9.36 Å². The Bertz CT molecular complexity index is 1210. The van der Waals surface area contributed by atoms with Crippen LogP contribution < -0.4 is 10.0 Å². The van der Waals surface area contributed by atoms with Gasteiger partial charge < -0.3 is 5.32 Å².